The van der Waals surface area contributed by atoms with Crippen molar-refractivity contribution < 1.29 is 28.5 Å². The molecule has 0 bridgehead atoms. The maximum Gasteiger partial charge on any atom is 0.229 e. The zero-order valence-electron chi connectivity index (χ0n) is 20.8. The van der Waals surface area contributed by atoms with Gasteiger partial charge in [-0.1, -0.05) is 12.1 Å². The van der Waals surface area contributed by atoms with Gasteiger partial charge in [0.2, 0.25) is 11.8 Å². The highest BCUT2D eigenvalue weighted by Crippen LogP contribution is 2.43. The second-order valence-electron chi connectivity index (χ2n) is 8.39. The lowest BCUT2D eigenvalue weighted by molar-refractivity contribution is -0.125. The second-order valence-corrected chi connectivity index (χ2v) is 8.39. The first kappa shape index (κ1) is 24.9. The molecule has 1 fully saturated rings. The van der Waals surface area contributed by atoms with E-state index in [-0.39, 0.29) is 18.2 Å². The number of methoxy groups -OCH3 is 4. The number of carbonyl (C=O) groups excluding carboxylic acids is 2. The Morgan fingerprint density at radius 1 is 0.833 bits per heavy atom. The van der Waals surface area contributed by atoms with E-state index in [9.17, 15) is 9.59 Å². The molecular formula is C28H30N2O6. The molecule has 1 heterocycles. The quantitative estimate of drug-likeness (QED) is 0.486. The molecule has 8 heteroatoms. The number of rotatable bonds is 8. The van der Waals surface area contributed by atoms with Crippen LogP contribution < -0.4 is 29.2 Å². The van der Waals surface area contributed by atoms with Crippen LogP contribution in [0.15, 0.2) is 66.7 Å². The molecular weight excluding hydrogens is 460 g/mol. The molecule has 1 aliphatic heterocycles. The van der Waals surface area contributed by atoms with Gasteiger partial charge < -0.3 is 29.2 Å². The van der Waals surface area contributed by atoms with Crippen LogP contribution in [0.25, 0.3) is 0 Å². The molecule has 2 amide bonds. The summed E-state index contributed by atoms with van der Waals surface area (Å²) in [6.45, 7) is 0. The monoisotopic (exact) mass is 490 g/mol. The van der Waals surface area contributed by atoms with Gasteiger partial charge in [-0.3, -0.25) is 9.59 Å². The van der Waals surface area contributed by atoms with Crippen LogP contribution in [0.1, 0.15) is 24.4 Å². The molecule has 0 radical (unpaired) electrons. The summed E-state index contributed by atoms with van der Waals surface area (Å²) < 4.78 is 21.5. The van der Waals surface area contributed by atoms with Crippen LogP contribution in [0.4, 0.5) is 11.4 Å². The third-order valence-electron chi connectivity index (χ3n) is 6.37. The van der Waals surface area contributed by atoms with Crippen molar-refractivity contribution in [3.8, 4) is 23.0 Å². The van der Waals surface area contributed by atoms with Crippen LogP contribution in [0.2, 0.25) is 0 Å². The van der Waals surface area contributed by atoms with E-state index in [0.717, 1.165) is 5.56 Å². The van der Waals surface area contributed by atoms with Gasteiger partial charge in [0.1, 0.15) is 11.5 Å². The summed E-state index contributed by atoms with van der Waals surface area (Å²) in [7, 11) is 6.29. The normalized spacial score (nSPS) is 17.3. The van der Waals surface area contributed by atoms with Crippen molar-refractivity contribution in [2.45, 2.75) is 18.9 Å². The van der Waals surface area contributed by atoms with Crippen molar-refractivity contribution in [1.82, 2.24) is 0 Å². The maximum absolute atomic E-state index is 13.6. The highest BCUT2D eigenvalue weighted by molar-refractivity contribution is 6.00. The summed E-state index contributed by atoms with van der Waals surface area (Å²) in [4.78, 5) is 28.7. The molecule has 2 atom stereocenters. The molecule has 0 spiro atoms. The summed E-state index contributed by atoms with van der Waals surface area (Å²) in [5, 5.41) is 3.01. The number of hydrogen-bond acceptors (Lipinski definition) is 6. The molecule has 1 saturated heterocycles. The lowest BCUT2D eigenvalue weighted by Gasteiger charge is -2.41. The van der Waals surface area contributed by atoms with Crippen LogP contribution in [-0.2, 0) is 9.59 Å². The first-order chi connectivity index (χ1) is 17.5. The van der Waals surface area contributed by atoms with Crippen LogP contribution in [0.5, 0.6) is 23.0 Å². The van der Waals surface area contributed by atoms with E-state index >= 15 is 0 Å². The van der Waals surface area contributed by atoms with Gasteiger partial charge in [-0.2, -0.15) is 0 Å². The Morgan fingerprint density at radius 3 is 2.22 bits per heavy atom. The molecule has 3 aromatic rings. The van der Waals surface area contributed by atoms with Crippen LogP contribution in [-0.4, -0.2) is 40.3 Å². The first-order valence-electron chi connectivity index (χ1n) is 11.6. The van der Waals surface area contributed by atoms with Gasteiger partial charge in [-0.25, -0.2) is 0 Å². The molecule has 36 heavy (non-hydrogen) atoms. The minimum Gasteiger partial charge on any atom is -0.497 e. The molecule has 188 valence electrons. The van der Waals surface area contributed by atoms with E-state index in [1.165, 1.54) is 0 Å². The largest absolute Gasteiger partial charge is 0.497 e. The minimum atomic E-state index is -0.565. The fourth-order valence-corrected chi connectivity index (χ4v) is 4.57. The van der Waals surface area contributed by atoms with Gasteiger partial charge in [0.05, 0.1) is 40.4 Å². The minimum absolute atomic E-state index is 0.0645. The van der Waals surface area contributed by atoms with Gasteiger partial charge >= 0.3 is 0 Å². The zero-order valence-corrected chi connectivity index (χ0v) is 20.8. The summed E-state index contributed by atoms with van der Waals surface area (Å²) in [6.07, 6.45) is 0.645. The number of nitrogens with zero attached hydrogens (tertiary/aromatic N) is 1. The SMILES string of the molecule is COc1ccc(N2C(=O)CC[C@@H](C(=O)Nc3cccc(OC)c3)[C@@H]2c2ccc(OC)c(OC)c2)cc1. The lowest BCUT2D eigenvalue weighted by Crippen LogP contribution is -2.47. The third kappa shape index (κ3) is 5.07. The van der Waals surface area contributed by atoms with E-state index < -0.39 is 12.0 Å². The van der Waals surface area contributed by atoms with E-state index in [4.69, 9.17) is 18.9 Å². The average molecular weight is 491 g/mol. The second kappa shape index (κ2) is 11.0. The number of piperidine rings is 1. The smallest absolute Gasteiger partial charge is 0.229 e. The van der Waals surface area contributed by atoms with Crippen molar-refractivity contribution >= 4 is 23.2 Å². The Morgan fingerprint density at radius 2 is 1.56 bits per heavy atom. The Balaban J connectivity index is 1.77. The van der Waals surface area contributed by atoms with Gasteiger partial charge in [-0.15, -0.1) is 0 Å². The van der Waals surface area contributed by atoms with Crippen molar-refractivity contribution in [3.05, 3.63) is 72.3 Å². The predicted molar refractivity (Wildman–Crippen MR) is 137 cm³/mol. The van der Waals surface area contributed by atoms with Gasteiger partial charge in [0.15, 0.2) is 11.5 Å². The third-order valence-corrected chi connectivity index (χ3v) is 6.37. The number of benzene rings is 3. The van der Waals surface area contributed by atoms with Crippen LogP contribution in [0.3, 0.4) is 0 Å². The molecule has 8 nitrogen and oxygen atoms in total. The zero-order chi connectivity index (χ0) is 25.7. The highest BCUT2D eigenvalue weighted by atomic mass is 16.5. The van der Waals surface area contributed by atoms with E-state index in [0.29, 0.717) is 40.8 Å². The topological polar surface area (TPSA) is 86.3 Å². The Kier molecular flexibility index (Phi) is 7.63. The van der Waals surface area contributed by atoms with E-state index in [1.54, 1.807) is 63.7 Å². The Hall–Kier alpha value is -4.20. The summed E-state index contributed by atoms with van der Waals surface area (Å²) >= 11 is 0. The number of ether oxygens (including phenoxy) is 4. The van der Waals surface area contributed by atoms with Gasteiger partial charge in [0, 0.05) is 23.9 Å². The fourth-order valence-electron chi connectivity index (χ4n) is 4.57. The Bertz CT molecular complexity index is 1230. The summed E-state index contributed by atoms with van der Waals surface area (Å²) in [5.74, 6) is 1.64. The number of anilines is 2. The van der Waals surface area contributed by atoms with Crippen molar-refractivity contribution in [1.29, 1.82) is 0 Å². The van der Waals surface area contributed by atoms with Crippen LogP contribution in [0, 0.1) is 5.92 Å². The average Bonchev–Trinajstić information content (AvgIpc) is 2.92. The van der Waals surface area contributed by atoms with E-state index in [2.05, 4.69) is 5.32 Å². The molecule has 4 rings (SSSR count). The number of hydrogen-bond donors (Lipinski definition) is 1. The number of amides is 2. The molecule has 0 aliphatic carbocycles. The molecule has 0 saturated carbocycles. The highest BCUT2D eigenvalue weighted by Gasteiger charge is 2.42. The molecule has 0 unspecified atom stereocenters. The van der Waals surface area contributed by atoms with Crippen molar-refractivity contribution in [3.63, 3.8) is 0 Å². The lowest BCUT2D eigenvalue weighted by atomic mass is 9.83. The van der Waals surface area contributed by atoms with Gasteiger partial charge in [-0.05, 0) is 60.5 Å². The number of nitrogens with one attached hydrogen (secondary N) is 1. The summed E-state index contributed by atoms with van der Waals surface area (Å²) in [6, 6.07) is 19.4. The summed E-state index contributed by atoms with van der Waals surface area (Å²) in [5.41, 5.74) is 2.07. The van der Waals surface area contributed by atoms with Crippen LogP contribution >= 0.6 is 0 Å². The maximum atomic E-state index is 13.6. The van der Waals surface area contributed by atoms with E-state index in [1.807, 2.05) is 36.4 Å². The predicted octanol–water partition coefficient (Wildman–Crippen LogP) is 4.84. The standard InChI is InChI=1S/C28H30N2O6/c1-33-21-11-9-20(10-12-21)30-26(31)15-13-23(28(32)29-19-6-5-7-22(17-19)34-2)27(30)18-8-14-24(35-3)25(16-18)36-4/h5-12,14,16-17,23,27H,13,15H2,1-4H3,(H,29,32)/t23-,27+/m1/s1. The molecule has 1 N–H and O–H groups in total. The Labute approximate surface area is 210 Å². The van der Waals surface area contributed by atoms with Crippen molar-refractivity contribution in [2.24, 2.45) is 5.92 Å². The molecule has 1 aliphatic rings. The molecule has 0 aromatic heterocycles. The molecule has 3 aromatic carbocycles. The van der Waals surface area contributed by atoms with Crippen molar-refractivity contribution in [2.75, 3.05) is 38.7 Å². The number of carbonyl (C=O) groups is 2. The first-order valence-corrected chi connectivity index (χ1v) is 11.6. The van der Waals surface area contributed by atoms with Gasteiger partial charge in [0.25, 0.3) is 0 Å². The fraction of sp³-hybridized carbons (Fsp3) is 0.286.